The van der Waals surface area contributed by atoms with Gasteiger partial charge in [0, 0.05) is 16.8 Å². The van der Waals surface area contributed by atoms with Crippen LogP contribution in [-0.2, 0) is 0 Å². The van der Waals surface area contributed by atoms with E-state index in [0.717, 1.165) is 6.33 Å². The lowest BCUT2D eigenvalue weighted by atomic mass is 10.1. The molecule has 1 heterocycles. The van der Waals surface area contributed by atoms with Crippen molar-refractivity contribution in [3.8, 4) is 0 Å². The lowest BCUT2D eigenvalue weighted by molar-refractivity contribution is -0.383. The smallest absolute Gasteiger partial charge is 0.295 e. The summed E-state index contributed by atoms with van der Waals surface area (Å²) < 4.78 is 0. The second-order valence-electron chi connectivity index (χ2n) is 4.48. The second-order valence-corrected chi connectivity index (χ2v) is 4.92. The number of non-ortho nitro benzene ring substituents is 1. The van der Waals surface area contributed by atoms with Gasteiger partial charge >= 0.3 is 0 Å². The largest absolute Gasteiger partial charge is 0.355 e. The predicted molar refractivity (Wildman–Crippen MR) is 83.8 cm³/mol. The number of hydrogen-bond acceptors (Lipinski definition) is 5. The number of H-pyrrole nitrogens is 1. The number of fused-ring (bicyclic) bond motifs is 1. The number of nitro benzene ring substituents is 1. The van der Waals surface area contributed by atoms with Gasteiger partial charge in [-0.3, -0.25) is 14.9 Å². The highest BCUT2D eigenvalue weighted by molar-refractivity contribution is 6.30. The average Bonchev–Trinajstić information content (AvgIpc) is 2.47. The van der Waals surface area contributed by atoms with Crippen molar-refractivity contribution in [3.05, 3.63) is 68.2 Å². The van der Waals surface area contributed by atoms with Crippen LogP contribution in [0.3, 0.4) is 0 Å². The van der Waals surface area contributed by atoms with Crippen LogP contribution < -0.4 is 10.9 Å². The molecule has 0 bridgehead atoms. The van der Waals surface area contributed by atoms with Crippen molar-refractivity contribution in [2.75, 3.05) is 5.32 Å². The predicted octanol–water partition coefficient (Wildman–Crippen LogP) is 3.23. The first-order chi connectivity index (χ1) is 10.6. The standard InChI is InChI=1S/C14H9ClN4O3/c15-8-2-1-3-9(6-8)18-10-4-5-11(19(21)22)13-12(10)14(20)17-7-16-13/h1-7,18H,(H,16,17,20). The van der Waals surface area contributed by atoms with Crippen LogP contribution in [0.5, 0.6) is 0 Å². The Labute approximate surface area is 128 Å². The molecule has 0 saturated heterocycles. The zero-order valence-corrected chi connectivity index (χ0v) is 11.8. The molecular formula is C14H9ClN4O3. The fraction of sp³-hybridized carbons (Fsp3) is 0. The molecule has 0 atom stereocenters. The van der Waals surface area contributed by atoms with Crippen molar-refractivity contribution in [2.45, 2.75) is 0 Å². The average molecular weight is 317 g/mol. The van der Waals surface area contributed by atoms with Crippen LogP contribution in [0, 0.1) is 10.1 Å². The summed E-state index contributed by atoms with van der Waals surface area (Å²) in [6, 6.07) is 9.69. The molecule has 3 rings (SSSR count). The van der Waals surface area contributed by atoms with E-state index >= 15 is 0 Å². The molecule has 110 valence electrons. The molecule has 0 unspecified atom stereocenters. The molecule has 0 aliphatic heterocycles. The van der Waals surface area contributed by atoms with Crippen molar-refractivity contribution < 1.29 is 4.92 Å². The zero-order chi connectivity index (χ0) is 15.7. The number of anilines is 2. The fourth-order valence-corrected chi connectivity index (χ4v) is 2.33. The summed E-state index contributed by atoms with van der Waals surface area (Å²) in [5, 5.41) is 14.7. The normalized spacial score (nSPS) is 10.6. The van der Waals surface area contributed by atoms with Crippen LogP contribution in [0.2, 0.25) is 5.02 Å². The van der Waals surface area contributed by atoms with Gasteiger partial charge in [0.05, 0.1) is 22.3 Å². The molecule has 0 spiro atoms. The Morgan fingerprint density at radius 2 is 2.09 bits per heavy atom. The number of nitro groups is 1. The number of benzene rings is 2. The first-order valence-electron chi connectivity index (χ1n) is 6.23. The van der Waals surface area contributed by atoms with Crippen LogP contribution in [-0.4, -0.2) is 14.9 Å². The number of aromatic nitrogens is 2. The molecule has 1 aromatic heterocycles. The SMILES string of the molecule is O=c1[nH]cnc2c([N+](=O)[O-])ccc(Nc3cccc(Cl)c3)c12. The number of halogens is 1. The van der Waals surface area contributed by atoms with Crippen molar-refractivity contribution in [2.24, 2.45) is 0 Å². The molecular weight excluding hydrogens is 308 g/mol. The number of aromatic amines is 1. The van der Waals surface area contributed by atoms with E-state index in [1.807, 2.05) is 0 Å². The third kappa shape index (κ3) is 2.49. The Bertz CT molecular complexity index is 939. The van der Waals surface area contributed by atoms with E-state index in [1.165, 1.54) is 12.1 Å². The summed E-state index contributed by atoms with van der Waals surface area (Å²) in [6.45, 7) is 0. The van der Waals surface area contributed by atoms with Gasteiger partial charge in [0.25, 0.3) is 11.2 Å². The van der Waals surface area contributed by atoms with Crippen LogP contribution in [0.1, 0.15) is 0 Å². The van der Waals surface area contributed by atoms with Crippen LogP contribution in [0.4, 0.5) is 17.1 Å². The van der Waals surface area contributed by atoms with Gasteiger partial charge < -0.3 is 10.3 Å². The van der Waals surface area contributed by atoms with Crippen LogP contribution >= 0.6 is 11.6 Å². The number of hydrogen-bond donors (Lipinski definition) is 2. The molecule has 2 aromatic carbocycles. The van der Waals surface area contributed by atoms with Crippen molar-refractivity contribution in [3.63, 3.8) is 0 Å². The van der Waals surface area contributed by atoms with Gasteiger partial charge in [0.15, 0.2) is 5.52 Å². The Morgan fingerprint density at radius 3 is 2.82 bits per heavy atom. The van der Waals surface area contributed by atoms with Crippen molar-refractivity contribution in [1.29, 1.82) is 0 Å². The monoisotopic (exact) mass is 316 g/mol. The maximum atomic E-state index is 12.0. The summed E-state index contributed by atoms with van der Waals surface area (Å²) in [7, 11) is 0. The Balaban J connectivity index is 2.21. The van der Waals surface area contributed by atoms with Gasteiger partial charge in [-0.2, -0.15) is 0 Å². The lowest BCUT2D eigenvalue weighted by Gasteiger charge is -2.09. The summed E-state index contributed by atoms with van der Waals surface area (Å²) in [6.07, 6.45) is 1.14. The highest BCUT2D eigenvalue weighted by atomic mass is 35.5. The number of rotatable bonds is 3. The van der Waals surface area contributed by atoms with E-state index in [9.17, 15) is 14.9 Å². The summed E-state index contributed by atoms with van der Waals surface area (Å²) in [5.74, 6) is 0. The molecule has 0 fully saturated rings. The zero-order valence-electron chi connectivity index (χ0n) is 11.0. The van der Waals surface area contributed by atoms with E-state index in [2.05, 4.69) is 15.3 Å². The number of nitrogens with one attached hydrogen (secondary N) is 2. The molecule has 0 saturated carbocycles. The minimum atomic E-state index is -0.571. The van der Waals surface area contributed by atoms with Crippen molar-refractivity contribution >= 4 is 39.6 Å². The maximum Gasteiger partial charge on any atom is 0.295 e. The summed E-state index contributed by atoms with van der Waals surface area (Å²) in [4.78, 5) is 28.9. The Hall–Kier alpha value is -2.93. The quantitative estimate of drug-likeness (QED) is 0.570. The molecule has 8 heteroatoms. The van der Waals surface area contributed by atoms with Gasteiger partial charge in [-0.15, -0.1) is 0 Å². The van der Waals surface area contributed by atoms with Gasteiger partial charge in [0.1, 0.15) is 0 Å². The Morgan fingerprint density at radius 1 is 1.27 bits per heavy atom. The van der Waals surface area contributed by atoms with E-state index in [1.54, 1.807) is 24.3 Å². The third-order valence-corrected chi connectivity index (χ3v) is 3.31. The lowest BCUT2D eigenvalue weighted by Crippen LogP contribution is -2.10. The van der Waals surface area contributed by atoms with E-state index in [0.29, 0.717) is 16.4 Å². The highest BCUT2D eigenvalue weighted by Gasteiger charge is 2.18. The first-order valence-corrected chi connectivity index (χ1v) is 6.61. The summed E-state index contributed by atoms with van der Waals surface area (Å²) >= 11 is 5.92. The molecule has 3 aromatic rings. The Kier molecular flexibility index (Phi) is 3.48. The maximum absolute atomic E-state index is 12.0. The van der Waals surface area contributed by atoms with Crippen LogP contribution in [0.15, 0.2) is 47.5 Å². The summed E-state index contributed by atoms with van der Waals surface area (Å²) in [5.41, 5.74) is 0.417. The third-order valence-electron chi connectivity index (χ3n) is 3.07. The van der Waals surface area contributed by atoms with Crippen LogP contribution in [0.25, 0.3) is 10.9 Å². The minimum absolute atomic E-state index is 0.0285. The number of nitrogens with zero attached hydrogens (tertiary/aromatic N) is 2. The van der Waals surface area contributed by atoms with Gasteiger partial charge in [0.2, 0.25) is 0 Å². The molecule has 22 heavy (non-hydrogen) atoms. The van der Waals surface area contributed by atoms with Gasteiger partial charge in [-0.1, -0.05) is 17.7 Å². The van der Waals surface area contributed by atoms with E-state index in [-0.39, 0.29) is 16.6 Å². The topological polar surface area (TPSA) is 101 Å². The minimum Gasteiger partial charge on any atom is -0.355 e. The fourth-order valence-electron chi connectivity index (χ4n) is 2.14. The molecule has 7 nitrogen and oxygen atoms in total. The van der Waals surface area contributed by atoms with Gasteiger partial charge in [-0.05, 0) is 24.3 Å². The first kappa shape index (κ1) is 14.0. The molecule has 2 N–H and O–H groups in total. The van der Waals surface area contributed by atoms with E-state index in [4.69, 9.17) is 11.6 Å². The molecule has 0 aliphatic rings. The van der Waals surface area contributed by atoms with Gasteiger partial charge in [-0.25, -0.2) is 4.98 Å². The molecule has 0 radical (unpaired) electrons. The highest BCUT2D eigenvalue weighted by Crippen LogP contribution is 2.29. The molecule has 0 aliphatic carbocycles. The van der Waals surface area contributed by atoms with E-state index < -0.39 is 10.5 Å². The molecule has 0 amide bonds. The second kappa shape index (κ2) is 5.45. The van der Waals surface area contributed by atoms with Crippen molar-refractivity contribution in [1.82, 2.24) is 9.97 Å².